The number of nitrogen functional groups attached to an aromatic ring is 1. The average Bonchev–Trinajstić information content (AvgIpc) is 2.19. The summed E-state index contributed by atoms with van der Waals surface area (Å²) < 4.78 is 37.7. The number of nitrogens with two attached hydrogens (primary N) is 1. The van der Waals surface area contributed by atoms with E-state index in [4.69, 9.17) is 5.73 Å². The van der Waals surface area contributed by atoms with Gasteiger partial charge in [0.05, 0.1) is 6.54 Å². The van der Waals surface area contributed by atoms with Gasteiger partial charge in [-0.25, -0.2) is 0 Å². The van der Waals surface area contributed by atoms with Crippen molar-refractivity contribution in [1.82, 2.24) is 4.90 Å². The van der Waals surface area contributed by atoms with Crippen molar-refractivity contribution in [2.75, 3.05) is 18.8 Å². The maximum Gasteiger partial charge on any atom is 0.401 e. The van der Waals surface area contributed by atoms with Crippen LogP contribution in [0, 0.1) is 0 Å². The van der Waals surface area contributed by atoms with Crippen LogP contribution in [0.1, 0.15) is 12.5 Å². The van der Waals surface area contributed by atoms with Gasteiger partial charge in [0.1, 0.15) is 0 Å². The first-order valence-electron chi connectivity index (χ1n) is 5.15. The number of alkyl halides is 3. The van der Waals surface area contributed by atoms with Gasteiger partial charge in [0, 0.05) is 16.7 Å². The fourth-order valence-electron chi connectivity index (χ4n) is 1.48. The Morgan fingerprint density at radius 3 is 2.47 bits per heavy atom. The molecule has 0 aliphatic rings. The van der Waals surface area contributed by atoms with Gasteiger partial charge in [-0.2, -0.15) is 13.2 Å². The smallest absolute Gasteiger partial charge is 0.398 e. The third-order valence-electron chi connectivity index (χ3n) is 2.35. The predicted molar refractivity (Wildman–Crippen MR) is 65.6 cm³/mol. The second kappa shape index (κ2) is 5.73. The van der Waals surface area contributed by atoms with E-state index in [-0.39, 0.29) is 6.54 Å². The molecule has 1 aromatic rings. The number of halogens is 4. The topological polar surface area (TPSA) is 29.3 Å². The minimum atomic E-state index is -4.18. The molecule has 0 heterocycles. The zero-order chi connectivity index (χ0) is 13.1. The van der Waals surface area contributed by atoms with Gasteiger partial charge in [-0.1, -0.05) is 28.9 Å². The van der Waals surface area contributed by atoms with Gasteiger partial charge in [-0.3, -0.25) is 4.90 Å². The summed E-state index contributed by atoms with van der Waals surface area (Å²) >= 11 is 3.25. The van der Waals surface area contributed by atoms with Gasteiger partial charge in [0.15, 0.2) is 0 Å². The SMILES string of the molecule is CCN(Cc1ccc(Br)cc1N)CC(F)(F)F. The Labute approximate surface area is 107 Å². The molecule has 0 saturated carbocycles. The van der Waals surface area contributed by atoms with Crippen molar-refractivity contribution >= 4 is 21.6 Å². The second-order valence-corrected chi connectivity index (χ2v) is 4.68. The summed E-state index contributed by atoms with van der Waals surface area (Å²) in [7, 11) is 0. The quantitative estimate of drug-likeness (QED) is 0.864. The van der Waals surface area contributed by atoms with Crippen LogP contribution in [0.3, 0.4) is 0 Å². The van der Waals surface area contributed by atoms with Crippen LogP contribution in [-0.2, 0) is 6.54 Å². The summed E-state index contributed by atoms with van der Waals surface area (Å²) in [5.41, 5.74) is 6.96. The molecule has 0 saturated heterocycles. The van der Waals surface area contributed by atoms with Gasteiger partial charge in [-0.05, 0) is 24.2 Å². The lowest BCUT2D eigenvalue weighted by molar-refractivity contribution is -0.146. The zero-order valence-corrected chi connectivity index (χ0v) is 11.0. The molecule has 0 spiro atoms. The molecular formula is C11H14BrF3N2. The highest BCUT2D eigenvalue weighted by Crippen LogP contribution is 2.22. The van der Waals surface area contributed by atoms with Gasteiger partial charge in [0.2, 0.25) is 0 Å². The molecule has 0 amide bonds. The fraction of sp³-hybridized carbons (Fsp3) is 0.455. The van der Waals surface area contributed by atoms with Gasteiger partial charge >= 0.3 is 6.18 Å². The van der Waals surface area contributed by atoms with E-state index in [1.807, 2.05) is 0 Å². The molecule has 0 unspecified atom stereocenters. The van der Waals surface area contributed by atoms with Crippen molar-refractivity contribution in [2.24, 2.45) is 0 Å². The molecule has 0 bridgehead atoms. The number of nitrogens with zero attached hydrogens (tertiary/aromatic N) is 1. The molecule has 2 N–H and O–H groups in total. The highest BCUT2D eigenvalue weighted by Gasteiger charge is 2.30. The Bertz CT molecular complexity index is 379. The molecule has 0 radical (unpaired) electrons. The summed E-state index contributed by atoms with van der Waals surface area (Å²) in [6.07, 6.45) is -4.18. The Kier molecular flexibility index (Phi) is 4.82. The van der Waals surface area contributed by atoms with E-state index < -0.39 is 12.7 Å². The average molecular weight is 311 g/mol. The molecule has 0 atom stereocenters. The molecule has 0 aromatic heterocycles. The molecule has 17 heavy (non-hydrogen) atoms. The highest BCUT2D eigenvalue weighted by molar-refractivity contribution is 9.10. The minimum absolute atomic E-state index is 0.203. The Balaban J connectivity index is 2.74. The van der Waals surface area contributed by atoms with Crippen molar-refractivity contribution in [3.8, 4) is 0 Å². The maximum atomic E-state index is 12.3. The van der Waals surface area contributed by atoms with E-state index >= 15 is 0 Å². The monoisotopic (exact) mass is 310 g/mol. The third-order valence-corrected chi connectivity index (χ3v) is 2.85. The van der Waals surface area contributed by atoms with Crippen molar-refractivity contribution in [1.29, 1.82) is 0 Å². The first kappa shape index (κ1) is 14.3. The van der Waals surface area contributed by atoms with E-state index in [9.17, 15) is 13.2 Å². The predicted octanol–water partition coefficient (Wildman–Crippen LogP) is 3.42. The number of rotatable bonds is 4. The van der Waals surface area contributed by atoms with Crippen LogP contribution in [0.15, 0.2) is 22.7 Å². The molecule has 0 aliphatic carbocycles. The Morgan fingerprint density at radius 2 is 2.00 bits per heavy atom. The molecule has 2 nitrogen and oxygen atoms in total. The summed E-state index contributed by atoms with van der Waals surface area (Å²) in [5.74, 6) is 0. The lowest BCUT2D eigenvalue weighted by atomic mass is 10.1. The lowest BCUT2D eigenvalue weighted by Crippen LogP contribution is -2.33. The molecule has 0 aliphatic heterocycles. The van der Waals surface area contributed by atoms with E-state index in [1.54, 1.807) is 25.1 Å². The van der Waals surface area contributed by atoms with Crippen LogP contribution >= 0.6 is 15.9 Å². The second-order valence-electron chi connectivity index (χ2n) is 3.76. The molecular weight excluding hydrogens is 297 g/mol. The first-order valence-corrected chi connectivity index (χ1v) is 5.94. The molecule has 1 rings (SSSR count). The van der Waals surface area contributed by atoms with Crippen molar-refractivity contribution in [3.05, 3.63) is 28.2 Å². The van der Waals surface area contributed by atoms with Crippen LogP contribution in [0.25, 0.3) is 0 Å². The number of hydrogen-bond donors (Lipinski definition) is 1. The Hall–Kier alpha value is -0.750. The fourth-order valence-corrected chi connectivity index (χ4v) is 1.86. The summed E-state index contributed by atoms with van der Waals surface area (Å²) in [6.45, 7) is 1.31. The Morgan fingerprint density at radius 1 is 1.35 bits per heavy atom. The van der Waals surface area contributed by atoms with Crippen LogP contribution in [0.2, 0.25) is 0 Å². The van der Waals surface area contributed by atoms with Crippen molar-refractivity contribution < 1.29 is 13.2 Å². The minimum Gasteiger partial charge on any atom is -0.398 e. The van der Waals surface area contributed by atoms with Crippen molar-refractivity contribution in [3.63, 3.8) is 0 Å². The maximum absolute atomic E-state index is 12.3. The van der Waals surface area contributed by atoms with Crippen LogP contribution in [0.5, 0.6) is 0 Å². The van der Waals surface area contributed by atoms with Gasteiger partial charge < -0.3 is 5.73 Å². The van der Waals surface area contributed by atoms with Crippen molar-refractivity contribution in [2.45, 2.75) is 19.6 Å². The normalized spacial score (nSPS) is 12.1. The molecule has 0 fully saturated rings. The van der Waals surface area contributed by atoms with Crippen LogP contribution < -0.4 is 5.73 Å². The van der Waals surface area contributed by atoms with Crippen LogP contribution in [0.4, 0.5) is 18.9 Å². The molecule has 96 valence electrons. The molecule has 1 aromatic carbocycles. The molecule has 6 heteroatoms. The summed E-state index contributed by atoms with van der Waals surface area (Å²) in [5, 5.41) is 0. The first-order chi connectivity index (χ1) is 7.81. The summed E-state index contributed by atoms with van der Waals surface area (Å²) in [6, 6.07) is 5.20. The number of benzene rings is 1. The lowest BCUT2D eigenvalue weighted by Gasteiger charge is -2.22. The number of hydrogen-bond acceptors (Lipinski definition) is 2. The van der Waals surface area contributed by atoms with E-state index in [0.29, 0.717) is 17.8 Å². The third kappa shape index (κ3) is 4.95. The highest BCUT2D eigenvalue weighted by atomic mass is 79.9. The number of anilines is 1. The standard InChI is InChI=1S/C11H14BrF3N2/c1-2-17(7-11(13,14)15)6-8-3-4-9(12)5-10(8)16/h3-5H,2,6-7,16H2,1H3. The zero-order valence-electron chi connectivity index (χ0n) is 9.39. The van der Waals surface area contributed by atoms with E-state index in [1.165, 1.54) is 4.90 Å². The van der Waals surface area contributed by atoms with E-state index in [2.05, 4.69) is 15.9 Å². The van der Waals surface area contributed by atoms with E-state index in [0.717, 1.165) is 4.47 Å². The summed E-state index contributed by atoms with van der Waals surface area (Å²) in [4.78, 5) is 1.31. The van der Waals surface area contributed by atoms with Gasteiger partial charge in [0.25, 0.3) is 0 Å². The largest absolute Gasteiger partial charge is 0.401 e. The van der Waals surface area contributed by atoms with Gasteiger partial charge in [-0.15, -0.1) is 0 Å². The van der Waals surface area contributed by atoms with Crippen LogP contribution in [-0.4, -0.2) is 24.2 Å².